The zero-order valence-electron chi connectivity index (χ0n) is 18.3. The lowest BCUT2D eigenvalue weighted by atomic mass is 10.2. The maximum absolute atomic E-state index is 12.9. The molecule has 0 aliphatic rings. The molecule has 0 aliphatic carbocycles. The number of thioether (sulfide) groups is 1. The number of benzene rings is 2. The predicted molar refractivity (Wildman–Crippen MR) is 133 cm³/mol. The molecule has 0 bridgehead atoms. The van der Waals surface area contributed by atoms with Gasteiger partial charge in [0.05, 0.1) is 21.5 Å². The van der Waals surface area contributed by atoms with Crippen molar-refractivity contribution < 1.29 is 14.3 Å². The summed E-state index contributed by atoms with van der Waals surface area (Å²) in [4.78, 5) is 34.8. The standard InChI is InChI=1S/C25H23N3O3S2/c1-3-20(32-21-14-13-18-11-7-8-12-19(18)27-21)23(29)28-25-26-16(2)22(33-25)24(30)31-15-17-9-5-4-6-10-17/h4-14,20H,3,15H2,1-2H3,(H,26,28,29). The van der Waals surface area contributed by atoms with Crippen LogP contribution in [0, 0.1) is 6.92 Å². The van der Waals surface area contributed by atoms with Crippen LogP contribution in [0.5, 0.6) is 0 Å². The highest BCUT2D eigenvalue weighted by Gasteiger charge is 2.22. The monoisotopic (exact) mass is 477 g/mol. The summed E-state index contributed by atoms with van der Waals surface area (Å²) < 4.78 is 5.40. The van der Waals surface area contributed by atoms with Gasteiger partial charge in [0.15, 0.2) is 5.13 Å². The first-order valence-corrected chi connectivity index (χ1v) is 12.2. The van der Waals surface area contributed by atoms with Crippen LogP contribution in [0.15, 0.2) is 71.8 Å². The number of aryl methyl sites for hydroxylation is 1. The van der Waals surface area contributed by atoms with Gasteiger partial charge in [-0.05, 0) is 31.0 Å². The third-order valence-electron chi connectivity index (χ3n) is 4.92. The van der Waals surface area contributed by atoms with Gasteiger partial charge in [-0.15, -0.1) is 0 Å². The van der Waals surface area contributed by atoms with E-state index in [9.17, 15) is 9.59 Å². The normalized spacial score (nSPS) is 11.8. The second-order valence-electron chi connectivity index (χ2n) is 7.34. The van der Waals surface area contributed by atoms with E-state index in [4.69, 9.17) is 4.74 Å². The molecule has 0 saturated carbocycles. The number of hydrogen-bond donors (Lipinski definition) is 1. The molecule has 2 heterocycles. The number of ether oxygens (including phenoxy) is 1. The molecule has 1 N–H and O–H groups in total. The van der Waals surface area contributed by atoms with E-state index in [1.54, 1.807) is 6.92 Å². The number of carbonyl (C=O) groups excluding carboxylic acids is 2. The van der Waals surface area contributed by atoms with Gasteiger partial charge in [0.1, 0.15) is 11.5 Å². The van der Waals surface area contributed by atoms with Crippen molar-refractivity contribution in [2.75, 3.05) is 5.32 Å². The van der Waals surface area contributed by atoms with E-state index in [2.05, 4.69) is 15.3 Å². The van der Waals surface area contributed by atoms with Crippen LogP contribution in [0.1, 0.15) is 34.3 Å². The Morgan fingerprint density at radius 3 is 2.58 bits per heavy atom. The summed E-state index contributed by atoms with van der Waals surface area (Å²) >= 11 is 2.54. The van der Waals surface area contributed by atoms with Gasteiger partial charge in [-0.2, -0.15) is 0 Å². The van der Waals surface area contributed by atoms with Crippen LogP contribution in [0.4, 0.5) is 5.13 Å². The SMILES string of the molecule is CCC(Sc1ccc2ccccc2n1)C(=O)Nc1nc(C)c(C(=O)OCc2ccccc2)s1. The van der Waals surface area contributed by atoms with Crippen molar-refractivity contribution in [1.82, 2.24) is 9.97 Å². The lowest BCUT2D eigenvalue weighted by Crippen LogP contribution is -2.24. The van der Waals surface area contributed by atoms with E-state index < -0.39 is 5.97 Å². The number of pyridine rings is 1. The number of para-hydroxylation sites is 1. The number of fused-ring (bicyclic) bond motifs is 1. The maximum Gasteiger partial charge on any atom is 0.350 e. The summed E-state index contributed by atoms with van der Waals surface area (Å²) in [5, 5.41) is 4.75. The fourth-order valence-electron chi connectivity index (χ4n) is 3.19. The molecule has 0 radical (unpaired) electrons. The fraction of sp³-hybridized carbons (Fsp3) is 0.200. The van der Waals surface area contributed by atoms with Crippen molar-refractivity contribution in [2.24, 2.45) is 0 Å². The second-order valence-corrected chi connectivity index (χ2v) is 9.56. The molecule has 1 amide bonds. The predicted octanol–water partition coefficient (Wildman–Crippen LogP) is 5.87. The maximum atomic E-state index is 12.9. The molecule has 2 aromatic carbocycles. The molecular formula is C25H23N3O3S2. The minimum absolute atomic E-state index is 0.171. The van der Waals surface area contributed by atoms with E-state index >= 15 is 0 Å². The Balaban J connectivity index is 1.39. The molecule has 0 fully saturated rings. The number of anilines is 1. The van der Waals surface area contributed by atoms with Crippen LogP contribution in [0.2, 0.25) is 0 Å². The summed E-state index contributed by atoms with van der Waals surface area (Å²) in [7, 11) is 0. The van der Waals surface area contributed by atoms with Gasteiger partial charge >= 0.3 is 5.97 Å². The Morgan fingerprint density at radius 2 is 1.79 bits per heavy atom. The van der Waals surface area contributed by atoms with Gasteiger partial charge in [0.2, 0.25) is 5.91 Å². The van der Waals surface area contributed by atoms with Gasteiger partial charge in [-0.25, -0.2) is 14.8 Å². The minimum Gasteiger partial charge on any atom is -0.457 e. The van der Waals surface area contributed by atoms with E-state index in [1.807, 2.05) is 73.7 Å². The smallest absolute Gasteiger partial charge is 0.350 e. The average Bonchev–Trinajstić information content (AvgIpc) is 3.21. The van der Waals surface area contributed by atoms with Crippen LogP contribution < -0.4 is 5.32 Å². The Hall–Kier alpha value is -3.23. The van der Waals surface area contributed by atoms with E-state index in [0.717, 1.165) is 32.8 Å². The number of nitrogens with one attached hydrogen (secondary N) is 1. The molecule has 4 rings (SSSR count). The molecule has 6 nitrogen and oxygen atoms in total. The zero-order valence-corrected chi connectivity index (χ0v) is 19.9. The van der Waals surface area contributed by atoms with Crippen molar-refractivity contribution >= 4 is 51.0 Å². The van der Waals surface area contributed by atoms with Crippen molar-refractivity contribution in [2.45, 2.75) is 37.2 Å². The molecule has 0 spiro atoms. The number of carbonyl (C=O) groups is 2. The molecule has 0 aliphatic heterocycles. The lowest BCUT2D eigenvalue weighted by Gasteiger charge is -2.13. The topological polar surface area (TPSA) is 81.2 Å². The Kier molecular flexibility index (Phi) is 7.36. The number of hydrogen-bond acceptors (Lipinski definition) is 7. The van der Waals surface area contributed by atoms with Crippen molar-refractivity contribution in [3.8, 4) is 0 Å². The van der Waals surface area contributed by atoms with Crippen LogP contribution in [0.3, 0.4) is 0 Å². The minimum atomic E-state index is -0.448. The third-order valence-corrected chi connectivity index (χ3v) is 7.28. The first-order chi connectivity index (χ1) is 16.0. The van der Waals surface area contributed by atoms with E-state index in [0.29, 0.717) is 22.1 Å². The Bertz CT molecular complexity index is 1270. The number of nitrogens with zero attached hydrogens (tertiary/aromatic N) is 2. The van der Waals surface area contributed by atoms with E-state index in [-0.39, 0.29) is 17.8 Å². The summed E-state index contributed by atoms with van der Waals surface area (Å²) in [6.07, 6.45) is 0.626. The number of rotatable bonds is 8. The fourth-order valence-corrected chi connectivity index (χ4v) is 4.98. The molecule has 168 valence electrons. The van der Waals surface area contributed by atoms with Gasteiger partial charge in [0.25, 0.3) is 0 Å². The number of amides is 1. The molecule has 1 atom stereocenters. The van der Waals surface area contributed by atoms with Gasteiger partial charge in [0, 0.05) is 5.39 Å². The highest BCUT2D eigenvalue weighted by molar-refractivity contribution is 8.00. The first kappa shape index (κ1) is 22.9. The highest BCUT2D eigenvalue weighted by atomic mass is 32.2. The second kappa shape index (κ2) is 10.6. The Morgan fingerprint density at radius 1 is 1.03 bits per heavy atom. The zero-order chi connectivity index (χ0) is 23.2. The Labute approximate surface area is 200 Å². The summed E-state index contributed by atoms with van der Waals surface area (Å²) in [6, 6.07) is 21.3. The molecule has 0 saturated heterocycles. The van der Waals surface area contributed by atoms with Crippen LogP contribution in [-0.2, 0) is 16.1 Å². The lowest BCUT2D eigenvalue weighted by molar-refractivity contribution is -0.115. The summed E-state index contributed by atoms with van der Waals surface area (Å²) in [5.74, 6) is -0.619. The molecule has 2 aromatic heterocycles. The van der Waals surface area contributed by atoms with Crippen molar-refractivity contribution in [3.05, 3.63) is 82.9 Å². The summed E-state index contributed by atoms with van der Waals surface area (Å²) in [5.41, 5.74) is 2.34. The third kappa shape index (κ3) is 5.77. The number of thiazole rings is 1. The number of esters is 1. The molecular weight excluding hydrogens is 454 g/mol. The quantitative estimate of drug-likeness (QED) is 0.253. The van der Waals surface area contributed by atoms with Gasteiger partial charge in [-0.1, -0.05) is 84.6 Å². The van der Waals surface area contributed by atoms with Gasteiger partial charge in [-0.3, -0.25) is 4.79 Å². The molecule has 1 unspecified atom stereocenters. The first-order valence-electron chi connectivity index (χ1n) is 10.5. The van der Waals surface area contributed by atoms with E-state index in [1.165, 1.54) is 11.8 Å². The highest BCUT2D eigenvalue weighted by Crippen LogP contribution is 2.29. The molecule has 33 heavy (non-hydrogen) atoms. The van der Waals surface area contributed by atoms with Crippen LogP contribution in [0.25, 0.3) is 10.9 Å². The van der Waals surface area contributed by atoms with Gasteiger partial charge < -0.3 is 10.1 Å². The van der Waals surface area contributed by atoms with Crippen LogP contribution in [-0.4, -0.2) is 27.1 Å². The van der Waals surface area contributed by atoms with Crippen LogP contribution >= 0.6 is 23.1 Å². The molecule has 4 aromatic rings. The van der Waals surface area contributed by atoms with Crippen molar-refractivity contribution in [3.63, 3.8) is 0 Å². The summed E-state index contributed by atoms with van der Waals surface area (Å²) in [6.45, 7) is 3.88. The average molecular weight is 478 g/mol. The largest absolute Gasteiger partial charge is 0.457 e. The van der Waals surface area contributed by atoms with Crippen molar-refractivity contribution in [1.29, 1.82) is 0 Å². The molecule has 8 heteroatoms. The number of aromatic nitrogens is 2.